The number of thiophene rings is 1. The summed E-state index contributed by atoms with van der Waals surface area (Å²) < 4.78 is 0. The van der Waals surface area contributed by atoms with Crippen LogP contribution in [-0.4, -0.2) is 28.9 Å². The van der Waals surface area contributed by atoms with E-state index in [9.17, 15) is 9.59 Å². The van der Waals surface area contributed by atoms with E-state index in [1.165, 1.54) is 11.3 Å². The number of hydrogen-bond donors (Lipinski definition) is 2. The van der Waals surface area contributed by atoms with Crippen LogP contribution in [0.15, 0.2) is 17.5 Å². The Labute approximate surface area is 137 Å². The van der Waals surface area contributed by atoms with Crippen molar-refractivity contribution in [2.45, 2.75) is 33.2 Å². The van der Waals surface area contributed by atoms with Gasteiger partial charge in [0.15, 0.2) is 0 Å². The highest BCUT2D eigenvalue weighted by Gasteiger charge is 2.18. The Morgan fingerprint density at radius 2 is 2.05 bits per heavy atom. The molecule has 0 spiro atoms. The second-order valence-electron chi connectivity index (χ2n) is 5.89. The van der Waals surface area contributed by atoms with Crippen molar-refractivity contribution < 1.29 is 9.59 Å². The molecular weight excluding hydrogens is 318 g/mol. The lowest BCUT2D eigenvalue weighted by atomic mass is 10.1. The molecule has 2 aromatic heterocycles. The van der Waals surface area contributed by atoms with Crippen molar-refractivity contribution >= 4 is 34.5 Å². The first kappa shape index (κ1) is 16.6. The minimum absolute atomic E-state index is 0.0399. The molecule has 2 amide bonds. The van der Waals surface area contributed by atoms with Crippen molar-refractivity contribution in [2.24, 2.45) is 0 Å². The molecule has 2 heterocycles. The van der Waals surface area contributed by atoms with E-state index in [2.05, 4.69) is 15.6 Å². The van der Waals surface area contributed by atoms with Gasteiger partial charge in [-0.15, -0.1) is 22.7 Å². The largest absolute Gasteiger partial charge is 0.350 e. The Morgan fingerprint density at radius 3 is 2.64 bits per heavy atom. The van der Waals surface area contributed by atoms with Gasteiger partial charge < -0.3 is 10.6 Å². The molecule has 0 saturated carbocycles. The van der Waals surface area contributed by atoms with Crippen LogP contribution in [0.25, 0.3) is 9.88 Å². The number of nitrogens with zero attached hydrogens (tertiary/aromatic N) is 1. The molecule has 0 unspecified atom stereocenters. The van der Waals surface area contributed by atoms with E-state index in [4.69, 9.17) is 0 Å². The molecule has 0 saturated heterocycles. The van der Waals surface area contributed by atoms with Gasteiger partial charge in [-0.1, -0.05) is 6.07 Å². The van der Waals surface area contributed by atoms with Gasteiger partial charge in [-0.3, -0.25) is 9.59 Å². The van der Waals surface area contributed by atoms with Gasteiger partial charge in [0.1, 0.15) is 9.88 Å². The fraction of sp³-hybridized carbons (Fsp3) is 0.400. The lowest BCUT2D eigenvalue weighted by molar-refractivity contribution is -0.121. The summed E-state index contributed by atoms with van der Waals surface area (Å²) in [7, 11) is 0. The average molecular weight is 337 g/mol. The molecule has 0 atom stereocenters. The summed E-state index contributed by atoms with van der Waals surface area (Å²) in [6.07, 6.45) is 0. The Balaban J connectivity index is 2.00. The number of rotatable bonds is 4. The van der Waals surface area contributed by atoms with Gasteiger partial charge in [-0.05, 0) is 39.1 Å². The first-order chi connectivity index (χ1) is 10.3. The van der Waals surface area contributed by atoms with Gasteiger partial charge in [0.2, 0.25) is 5.91 Å². The molecule has 2 N–H and O–H groups in total. The van der Waals surface area contributed by atoms with E-state index in [0.717, 1.165) is 9.88 Å². The van der Waals surface area contributed by atoms with Gasteiger partial charge in [-0.2, -0.15) is 0 Å². The minimum Gasteiger partial charge on any atom is -0.350 e. The lowest BCUT2D eigenvalue weighted by Crippen LogP contribution is -2.45. The monoisotopic (exact) mass is 337 g/mol. The standard InChI is InChI=1S/C15H19N3O2S2/c1-9-12(22-14(17-9)10-6-5-7-21-10)13(20)16-8-11(19)18-15(2,3)4/h5-7H,8H2,1-4H3,(H,16,20)(H,18,19). The van der Waals surface area contributed by atoms with E-state index < -0.39 is 0 Å². The third kappa shape index (κ3) is 4.38. The van der Waals surface area contributed by atoms with Crippen molar-refractivity contribution in [3.8, 4) is 9.88 Å². The predicted molar refractivity (Wildman–Crippen MR) is 90.4 cm³/mol. The van der Waals surface area contributed by atoms with Gasteiger partial charge in [0, 0.05) is 5.54 Å². The Bertz CT molecular complexity index is 670. The van der Waals surface area contributed by atoms with E-state index in [1.807, 2.05) is 38.3 Å². The summed E-state index contributed by atoms with van der Waals surface area (Å²) >= 11 is 2.93. The highest BCUT2D eigenvalue weighted by atomic mass is 32.1. The number of carbonyl (C=O) groups is 2. The van der Waals surface area contributed by atoms with Crippen molar-refractivity contribution in [1.29, 1.82) is 0 Å². The van der Waals surface area contributed by atoms with Gasteiger partial charge in [0.25, 0.3) is 5.91 Å². The number of thiazole rings is 1. The lowest BCUT2D eigenvalue weighted by Gasteiger charge is -2.20. The maximum Gasteiger partial charge on any atom is 0.263 e. The topological polar surface area (TPSA) is 71.1 Å². The molecule has 2 rings (SSSR count). The highest BCUT2D eigenvalue weighted by molar-refractivity contribution is 7.22. The van der Waals surface area contributed by atoms with Gasteiger partial charge in [-0.25, -0.2) is 4.98 Å². The number of hydrogen-bond acceptors (Lipinski definition) is 5. The summed E-state index contributed by atoms with van der Waals surface area (Å²) in [6.45, 7) is 7.45. The molecule has 0 aliphatic carbocycles. The highest BCUT2D eigenvalue weighted by Crippen LogP contribution is 2.30. The van der Waals surface area contributed by atoms with Crippen LogP contribution in [0.4, 0.5) is 0 Å². The zero-order valence-electron chi connectivity index (χ0n) is 13.0. The summed E-state index contributed by atoms with van der Waals surface area (Å²) in [4.78, 5) is 30.0. The molecule has 0 aliphatic heterocycles. The van der Waals surface area contributed by atoms with Crippen LogP contribution in [0.2, 0.25) is 0 Å². The third-order valence-electron chi connectivity index (χ3n) is 2.66. The first-order valence-corrected chi connectivity index (χ1v) is 8.56. The molecule has 22 heavy (non-hydrogen) atoms. The first-order valence-electron chi connectivity index (χ1n) is 6.87. The maximum absolute atomic E-state index is 12.2. The van der Waals surface area contributed by atoms with Crippen molar-refractivity contribution in [3.63, 3.8) is 0 Å². The van der Waals surface area contributed by atoms with Crippen LogP contribution >= 0.6 is 22.7 Å². The number of amides is 2. The zero-order valence-corrected chi connectivity index (χ0v) is 14.7. The number of aryl methyl sites for hydroxylation is 1. The summed E-state index contributed by atoms with van der Waals surface area (Å²) in [5.41, 5.74) is 0.372. The summed E-state index contributed by atoms with van der Waals surface area (Å²) in [5, 5.41) is 8.25. The van der Waals surface area contributed by atoms with E-state index in [1.54, 1.807) is 18.3 Å². The minimum atomic E-state index is -0.311. The molecule has 7 heteroatoms. The van der Waals surface area contributed by atoms with E-state index >= 15 is 0 Å². The Kier molecular flexibility index (Phi) is 4.97. The van der Waals surface area contributed by atoms with Gasteiger partial charge >= 0.3 is 0 Å². The van der Waals surface area contributed by atoms with Crippen LogP contribution in [-0.2, 0) is 4.79 Å². The number of nitrogens with one attached hydrogen (secondary N) is 2. The van der Waals surface area contributed by atoms with Crippen molar-refractivity contribution in [1.82, 2.24) is 15.6 Å². The molecule has 0 radical (unpaired) electrons. The smallest absolute Gasteiger partial charge is 0.263 e. The van der Waals surface area contributed by atoms with Crippen molar-refractivity contribution in [3.05, 3.63) is 28.1 Å². The maximum atomic E-state index is 12.2. The third-order valence-corrected chi connectivity index (χ3v) is 4.85. The average Bonchev–Trinajstić information content (AvgIpc) is 3.02. The Hall–Kier alpha value is -1.73. The van der Waals surface area contributed by atoms with Crippen molar-refractivity contribution in [2.75, 3.05) is 6.54 Å². The van der Waals surface area contributed by atoms with Crippen LogP contribution in [0.3, 0.4) is 0 Å². The van der Waals surface area contributed by atoms with Crippen LogP contribution < -0.4 is 10.6 Å². The van der Waals surface area contributed by atoms with Crippen LogP contribution in [0.1, 0.15) is 36.1 Å². The summed E-state index contributed by atoms with van der Waals surface area (Å²) in [6, 6.07) is 3.93. The molecule has 0 fully saturated rings. The SMILES string of the molecule is Cc1nc(-c2cccs2)sc1C(=O)NCC(=O)NC(C)(C)C. The fourth-order valence-corrected chi connectivity index (χ4v) is 3.60. The molecule has 0 aliphatic rings. The fourth-order valence-electron chi connectivity index (χ4n) is 1.82. The van der Waals surface area contributed by atoms with E-state index in [0.29, 0.717) is 10.6 Å². The van der Waals surface area contributed by atoms with Crippen LogP contribution in [0, 0.1) is 6.92 Å². The number of aromatic nitrogens is 1. The van der Waals surface area contributed by atoms with Crippen LogP contribution in [0.5, 0.6) is 0 Å². The van der Waals surface area contributed by atoms with E-state index in [-0.39, 0.29) is 23.9 Å². The molecule has 118 valence electrons. The Morgan fingerprint density at radius 1 is 1.32 bits per heavy atom. The molecule has 0 aromatic carbocycles. The molecule has 0 bridgehead atoms. The second kappa shape index (κ2) is 6.58. The molecule has 5 nitrogen and oxygen atoms in total. The molecular formula is C15H19N3O2S2. The quantitative estimate of drug-likeness (QED) is 0.901. The zero-order chi connectivity index (χ0) is 16.3. The normalized spacial score (nSPS) is 11.3. The molecule has 2 aromatic rings. The van der Waals surface area contributed by atoms with Gasteiger partial charge in [0.05, 0.1) is 17.1 Å². The summed E-state index contributed by atoms with van der Waals surface area (Å²) in [5.74, 6) is -0.469. The predicted octanol–water partition coefficient (Wildman–Crippen LogP) is 2.82. The second-order valence-corrected chi connectivity index (χ2v) is 7.84. The number of carbonyl (C=O) groups excluding carboxylic acids is 2.